The van der Waals surface area contributed by atoms with E-state index in [9.17, 15) is 4.79 Å². The van der Waals surface area contributed by atoms with Gasteiger partial charge in [0.1, 0.15) is 10.8 Å². The second-order valence-corrected chi connectivity index (χ2v) is 11.4. The van der Waals surface area contributed by atoms with E-state index in [1.54, 1.807) is 18.3 Å². The topological polar surface area (TPSA) is 69.4 Å². The van der Waals surface area contributed by atoms with Gasteiger partial charge in [0, 0.05) is 21.0 Å². The molecule has 1 aliphatic rings. The van der Waals surface area contributed by atoms with Crippen molar-refractivity contribution in [1.29, 1.82) is 0 Å². The van der Waals surface area contributed by atoms with E-state index < -0.39 is 12.0 Å². The van der Waals surface area contributed by atoms with Gasteiger partial charge >= 0.3 is 5.97 Å². The van der Waals surface area contributed by atoms with Crippen molar-refractivity contribution in [3.05, 3.63) is 98.4 Å². The Hall–Kier alpha value is -3.29. The van der Waals surface area contributed by atoms with Gasteiger partial charge < -0.3 is 4.74 Å². The summed E-state index contributed by atoms with van der Waals surface area (Å²) in [7, 11) is 0. The minimum absolute atomic E-state index is 0.254. The van der Waals surface area contributed by atoms with Crippen LogP contribution in [0, 0.1) is 12.8 Å². The summed E-state index contributed by atoms with van der Waals surface area (Å²) in [6.45, 7) is 8.41. The Labute approximate surface area is 232 Å². The van der Waals surface area contributed by atoms with E-state index in [2.05, 4.69) is 54.4 Å². The van der Waals surface area contributed by atoms with E-state index in [0.717, 1.165) is 35.4 Å². The Kier molecular flexibility index (Phi) is 7.77. The number of aryl methyl sites for hydroxylation is 3. The van der Waals surface area contributed by atoms with Crippen molar-refractivity contribution in [2.45, 2.75) is 53.0 Å². The zero-order valence-corrected chi connectivity index (χ0v) is 23.6. The molecule has 3 heterocycles. The Morgan fingerprint density at radius 1 is 1.05 bits per heavy atom. The number of nitrogens with zero attached hydrogens (tertiary/aromatic N) is 4. The maximum absolute atomic E-state index is 13.0. The largest absolute Gasteiger partial charge is 0.464 e. The fourth-order valence-electron chi connectivity index (χ4n) is 4.78. The number of esters is 1. The molecule has 0 saturated heterocycles. The number of hydrogen-bond donors (Lipinski definition) is 0. The number of carbonyl (C=O) groups is 1. The molecule has 1 aliphatic heterocycles. The van der Waals surface area contributed by atoms with Crippen LogP contribution in [0.1, 0.15) is 65.6 Å². The zero-order chi connectivity index (χ0) is 26.8. The summed E-state index contributed by atoms with van der Waals surface area (Å²) < 4.78 is 7.32. The number of aliphatic imine (C=N–C) groups is 1. The summed E-state index contributed by atoms with van der Waals surface area (Å²) in [6.07, 6.45) is 2.91. The lowest BCUT2D eigenvalue weighted by Gasteiger charge is -2.11. The fraction of sp³-hybridized carbons (Fsp3) is 0.333. The molecule has 0 amide bonds. The SMILES string of the molecule is CCOC(=O)C1N=C(c2ccccc2Cl)c2cc(CCc3ccc(CC(C)C)cc3)sc2-n2c(C)nnc21. The molecular formula is C30H31ClN4O2S. The lowest BCUT2D eigenvalue weighted by atomic mass is 10.00. The summed E-state index contributed by atoms with van der Waals surface area (Å²) in [5.74, 6) is 1.34. The van der Waals surface area contributed by atoms with Crippen molar-refractivity contribution >= 4 is 34.6 Å². The average molecular weight is 547 g/mol. The van der Waals surface area contributed by atoms with Gasteiger partial charge in [0.15, 0.2) is 5.82 Å². The average Bonchev–Trinajstić information content (AvgIpc) is 3.44. The molecule has 5 rings (SSSR count). The van der Waals surface area contributed by atoms with E-state index in [1.807, 2.05) is 35.8 Å². The highest BCUT2D eigenvalue weighted by molar-refractivity contribution is 7.15. The predicted octanol–water partition coefficient (Wildman–Crippen LogP) is 6.73. The predicted molar refractivity (Wildman–Crippen MR) is 153 cm³/mol. The van der Waals surface area contributed by atoms with Gasteiger partial charge in [-0.1, -0.05) is 67.9 Å². The first-order valence-corrected chi connectivity index (χ1v) is 14.2. The Balaban J connectivity index is 1.55. The smallest absolute Gasteiger partial charge is 0.338 e. The highest BCUT2D eigenvalue weighted by Crippen LogP contribution is 2.38. The van der Waals surface area contributed by atoms with Gasteiger partial charge in [0.05, 0.1) is 12.3 Å². The number of fused-ring (bicyclic) bond motifs is 3. The van der Waals surface area contributed by atoms with Crippen LogP contribution in [-0.2, 0) is 28.8 Å². The van der Waals surface area contributed by atoms with E-state index >= 15 is 0 Å². The molecule has 0 spiro atoms. The van der Waals surface area contributed by atoms with Gasteiger partial charge in [-0.05, 0) is 62.3 Å². The number of thiophene rings is 1. The molecule has 0 radical (unpaired) electrons. The first-order chi connectivity index (χ1) is 18.4. The van der Waals surface area contributed by atoms with Crippen LogP contribution in [0.25, 0.3) is 5.00 Å². The molecule has 0 N–H and O–H groups in total. The maximum Gasteiger partial charge on any atom is 0.338 e. The van der Waals surface area contributed by atoms with Crippen molar-refractivity contribution in [3.8, 4) is 5.00 Å². The molecule has 2 aromatic heterocycles. The molecule has 6 nitrogen and oxygen atoms in total. The lowest BCUT2D eigenvalue weighted by Crippen LogP contribution is -2.18. The summed E-state index contributed by atoms with van der Waals surface area (Å²) in [5.41, 5.74) is 5.03. The van der Waals surface area contributed by atoms with Gasteiger partial charge in [-0.2, -0.15) is 0 Å². The summed E-state index contributed by atoms with van der Waals surface area (Å²) >= 11 is 8.33. The third-order valence-electron chi connectivity index (χ3n) is 6.54. The van der Waals surface area contributed by atoms with Crippen LogP contribution in [0.3, 0.4) is 0 Å². The third-order valence-corrected chi connectivity index (χ3v) is 8.05. The molecule has 38 heavy (non-hydrogen) atoms. The molecule has 196 valence electrons. The molecule has 0 fully saturated rings. The summed E-state index contributed by atoms with van der Waals surface area (Å²) in [6, 6.07) is 17.8. The Bertz CT molecular complexity index is 1490. The van der Waals surface area contributed by atoms with E-state index in [0.29, 0.717) is 28.3 Å². The van der Waals surface area contributed by atoms with Crippen molar-refractivity contribution < 1.29 is 9.53 Å². The van der Waals surface area contributed by atoms with E-state index in [-0.39, 0.29) is 6.61 Å². The number of rotatable bonds is 8. The van der Waals surface area contributed by atoms with Gasteiger partial charge in [-0.3, -0.25) is 9.56 Å². The van der Waals surface area contributed by atoms with Crippen LogP contribution in [0.15, 0.2) is 59.6 Å². The van der Waals surface area contributed by atoms with Crippen LogP contribution < -0.4 is 0 Å². The van der Waals surface area contributed by atoms with Crippen molar-refractivity contribution in [2.24, 2.45) is 10.9 Å². The molecule has 0 aliphatic carbocycles. The molecular weight excluding hydrogens is 516 g/mol. The van der Waals surface area contributed by atoms with Gasteiger partial charge in [0.2, 0.25) is 6.04 Å². The summed E-state index contributed by atoms with van der Waals surface area (Å²) in [5, 5.41) is 10.2. The number of halogens is 1. The number of ether oxygens (including phenoxy) is 1. The molecule has 4 aromatic rings. The number of benzene rings is 2. The molecule has 0 bridgehead atoms. The Morgan fingerprint density at radius 3 is 2.50 bits per heavy atom. The van der Waals surface area contributed by atoms with Gasteiger partial charge in [-0.25, -0.2) is 4.79 Å². The number of carbonyl (C=O) groups excluding carboxylic acids is 1. The normalized spacial score (nSPS) is 14.6. The van der Waals surface area contributed by atoms with Crippen molar-refractivity contribution in [1.82, 2.24) is 14.8 Å². The van der Waals surface area contributed by atoms with Crippen LogP contribution in [0.5, 0.6) is 0 Å². The zero-order valence-electron chi connectivity index (χ0n) is 22.1. The van der Waals surface area contributed by atoms with Crippen molar-refractivity contribution in [2.75, 3.05) is 6.61 Å². The van der Waals surface area contributed by atoms with Gasteiger partial charge in [0.25, 0.3) is 0 Å². The first-order valence-electron chi connectivity index (χ1n) is 13.0. The van der Waals surface area contributed by atoms with Crippen LogP contribution in [0.2, 0.25) is 5.02 Å². The fourth-order valence-corrected chi connectivity index (χ4v) is 6.22. The number of hydrogen-bond acceptors (Lipinski definition) is 6. The van der Waals surface area contributed by atoms with Crippen LogP contribution in [0.4, 0.5) is 0 Å². The van der Waals surface area contributed by atoms with Gasteiger partial charge in [-0.15, -0.1) is 21.5 Å². The van der Waals surface area contributed by atoms with Crippen LogP contribution >= 0.6 is 22.9 Å². The first kappa shape index (κ1) is 26.3. The lowest BCUT2D eigenvalue weighted by molar-refractivity contribution is -0.144. The molecule has 2 aromatic carbocycles. The van der Waals surface area contributed by atoms with E-state index in [1.165, 1.54) is 16.0 Å². The molecule has 1 unspecified atom stereocenters. The third kappa shape index (κ3) is 5.31. The second kappa shape index (κ2) is 11.2. The van der Waals surface area contributed by atoms with Crippen LogP contribution in [-0.4, -0.2) is 33.1 Å². The summed E-state index contributed by atoms with van der Waals surface area (Å²) in [4.78, 5) is 19.2. The number of aromatic nitrogens is 3. The maximum atomic E-state index is 13.0. The Morgan fingerprint density at radius 2 is 1.79 bits per heavy atom. The quantitative estimate of drug-likeness (QED) is 0.230. The minimum atomic E-state index is -0.935. The molecule has 8 heteroatoms. The standard InChI is InChI=1S/C30H31ClN4O2S/c1-5-37-30(36)27-28-34-33-19(4)35(28)29-24(26(32-27)23-8-6-7-9-25(23)31)17-22(38-29)15-14-20-10-12-21(13-11-20)16-18(2)3/h6-13,17-18,27H,5,14-16H2,1-4H3. The second-order valence-electron chi connectivity index (χ2n) is 9.90. The molecule has 0 saturated carbocycles. The minimum Gasteiger partial charge on any atom is -0.464 e. The van der Waals surface area contributed by atoms with Crippen molar-refractivity contribution in [3.63, 3.8) is 0 Å². The van der Waals surface area contributed by atoms with E-state index in [4.69, 9.17) is 21.3 Å². The molecule has 1 atom stereocenters. The highest BCUT2D eigenvalue weighted by Gasteiger charge is 2.35. The highest BCUT2D eigenvalue weighted by atomic mass is 35.5. The monoisotopic (exact) mass is 546 g/mol.